The van der Waals surface area contributed by atoms with Crippen LogP contribution in [0, 0.1) is 0 Å². The van der Waals surface area contributed by atoms with Crippen LogP contribution in [0.3, 0.4) is 0 Å². The highest BCUT2D eigenvalue weighted by Gasteiger charge is 2.52. The minimum absolute atomic E-state index is 0.0614. The zero-order valence-corrected chi connectivity index (χ0v) is 19.1. The van der Waals surface area contributed by atoms with E-state index in [0.717, 1.165) is 16.7 Å². The van der Waals surface area contributed by atoms with Crippen molar-refractivity contribution >= 4 is 21.5 Å². The summed E-state index contributed by atoms with van der Waals surface area (Å²) in [5.41, 5.74) is 7.51. The molecule has 2 aromatic rings. The van der Waals surface area contributed by atoms with Gasteiger partial charge in [0.15, 0.2) is 15.6 Å². The molecule has 0 bridgehead atoms. The van der Waals surface area contributed by atoms with Crippen LogP contribution in [0.2, 0.25) is 0 Å². The van der Waals surface area contributed by atoms with Crippen molar-refractivity contribution in [2.24, 2.45) is 10.7 Å². The van der Waals surface area contributed by atoms with E-state index in [0.29, 0.717) is 19.1 Å². The molecule has 3 heterocycles. The van der Waals surface area contributed by atoms with E-state index < -0.39 is 20.1 Å². The molecular weight excluding hydrogens is 432 g/mol. The van der Waals surface area contributed by atoms with Crippen LogP contribution in [0.1, 0.15) is 48.0 Å². The monoisotopic (exact) mass is 458 g/mol. The fraction of sp³-hybridized carbons (Fsp3) is 0.455. The molecule has 1 atom stereocenters. The van der Waals surface area contributed by atoms with Crippen LogP contribution in [0.4, 0.5) is 0 Å². The molecule has 4 rings (SSSR count). The Morgan fingerprint density at radius 2 is 2.03 bits per heavy atom. The summed E-state index contributed by atoms with van der Waals surface area (Å²) in [7, 11) is -3.58. The maximum atomic E-state index is 13.0. The molecule has 170 valence electrons. The van der Waals surface area contributed by atoms with Gasteiger partial charge < -0.3 is 15.2 Å². The lowest BCUT2D eigenvalue weighted by atomic mass is 9.85. The maximum absolute atomic E-state index is 13.0. The first kappa shape index (κ1) is 22.3. The van der Waals surface area contributed by atoms with Crippen molar-refractivity contribution in [1.29, 1.82) is 0 Å². The summed E-state index contributed by atoms with van der Waals surface area (Å²) in [6, 6.07) is 5.51. The van der Waals surface area contributed by atoms with Crippen molar-refractivity contribution in [3.8, 4) is 5.88 Å². The number of aliphatic imine (C=N–C) groups is 1. The second-order valence-corrected chi connectivity index (χ2v) is 11.1. The number of ketones is 1. The summed E-state index contributed by atoms with van der Waals surface area (Å²) in [5, 5.41) is 0. The molecule has 1 spiro atoms. The molecule has 1 aromatic heterocycles. The summed E-state index contributed by atoms with van der Waals surface area (Å²) in [6.45, 7) is 5.87. The molecule has 0 amide bonds. The van der Waals surface area contributed by atoms with Gasteiger partial charge in [0.25, 0.3) is 0 Å². The van der Waals surface area contributed by atoms with E-state index in [4.69, 9.17) is 15.2 Å². The Balaban J connectivity index is 1.67. The molecule has 0 unspecified atom stereocenters. The average Bonchev–Trinajstić information content (AvgIpc) is 2.74. The molecule has 32 heavy (non-hydrogen) atoms. The number of benzene rings is 1. The molecule has 10 heteroatoms. The predicted molar refractivity (Wildman–Crippen MR) is 118 cm³/mol. The minimum atomic E-state index is -3.58. The number of hydrogen-bond donors (Lipinski definition) is 1. The average molecular weight is 459 g/mol. The number of carbonyl (C=O) groups excluding carboxylic acids is 1. The number of amidine groups is 1. The quantitative estimate of drug-likeness (QED) is 0.668. The van der Waals surface area contributed by atoms with Crippen molar-refractivity contribution < 1.29 is 22.7 Å². The van der Waals surface area contributed by atoms with Crippen LogP contribution in [0.15, 0.2) is 35.6 Å². The summed E-state index contributed by atoms with van der Waals surface area (Å²) in [4.78, 5) is 25.6. The van der Waals surface area contributed by atoms with Crippen LogP contribution in [0.5, 0.6) is 5.88 Å². The number of ether oxygens (including phenoxy) is 2. The summed E-state index contributed by atoms with van der Waals surface area (Å²) >= 11 is 0. The Kier molecular flexibility index (Phi) is 5.54. The molecule has 1 aromatic carbocycles. The summed E-state index contributed by atoms with van der Waals surface area (Å²) in [6.07, 6.45) is 2.90. The third-order valence-corrected chi connectivity index (χ3v) is 8.62. The van der Waals surface area contributed by atoms with Gasteiger partial charge in [0, 0.05) is 6.42 Å². The first-order chi connectivity index (χ1) is 15.1. The Labute approximate surface area is 187 Å². The molecule has 2 aliphatic rings. The second-order valence-electron chi connectivity index (χ2n) is 8.56. The summed E-state index contributed by atoms with van der Waals surface area (Å²) < 4.78 is 35.8. The van der Waals surface area contributed by atoms with E-state index in [2.05, 4.69) is 15.0 Å². The normalized spacial score (nSPS) is 23.3. The first-order valence-corrected chi connectivity index (χ1v) is 12.0. The van der Waals surface area contributed by atoms with Gasteiger partial charge in [-0.3, -0.25) is 9.79 Å². The van der Waals surface area contributed by atoms with Gasteiger partial charge in [0.1, 0.15) is 21.8 Å². The van der Waals surface area contributed by atoms with Crippen molar-refractivity contribution in [3.05, 3.63) is 53.0 Å². The molecule has 9 nitrogen and oxygen atoms in total. The lowest BCUT2D eigenvalue weighted by Crippen LogP contribution is -2.57. The van der Waals surface area contributed by atoms with E-state index in [9.17, 15) is 13.2 Å². The number of carbonyl (C=O) groups is 1. The first-order valence-electron chi connectivity index (χ1n) is 10.3. The topological polar surface area (TPSA) is 134 Å². The van der Waals surface area contributed by atoms with Gasteiger partial charge in [-0.15, -0.1) is 0 Å². The van der Waals surface area contributed by atoms with Crippen molar-refractivity contribution in [2.75, 3.05) is 19.0 Å². The van der Waals surface area contributed by atoms with E-state index in [1.165, 1.54) is 12.4 Å². The number of hydrogen-bond acceptors (Lipinski definition) is 9. The third kappa shape index (κ3) is 3.77. The van der Waals surface area contributed by atoms with E-state index in [1.807, 2.05) is 25.1 Å². The number of Topliss-reactive ketones (excluding diaryl/α,β-unsaturated/α-hetero) is 1. The fourth-order valence-electron chi connectivity index (χ4n) is 3.92. The van der Waals surface area contributed by atoms with E-state index in [-0.39, 0.29) is 36.1 Å². The number of nitrogens with two attached hydrogens (primary N) is 1. The van der Waals surface area contributed by atoms with Gasteiger partial charge in [0.05, 0.1) is 38.0 Å². The zero-order valence-electron chi connectivity index (χ0n) is 18.3. The predicted octanol–water partition coefficient (Wildman–Crippen LogP) is 1.59. The van der Waals surface area contributed by atoms with Gasteiger partial charge >= 0.3 is 0 Å². The molecule has 0 fully saturated rings. The molecule has 0 radical (unpaired) electrons. The molecule has 2 aliphatic heterocycles. The molecule has 0 saturated carbocycles. The zero-order chi connectivity index (χ0) is 23.1. The number of nitrogens with zero attached hydrogens (tertiary/aromatic N) is 3. The van der Waals surface area contributed by atoms with Crippen molar-refractivity contribution in [2.45, 2.75) is 44.1 Å². The molecule has 0 saturated heterocycles. The van der Waals surface area contributed by atoms with E-state index in [1.54, 1.807) is 13.8 Å². The van der Waals surface area contributed by atoms with Crippen molar-refractivity contribution in [3.63, 3.8) is 0 Å². The highest BCUT2D eigenvalue weighted by atomic mass is 32.2. The number of rotatable bonds is 5. The Bertz CT molecular complexity index is 1190. The number of aromatic nitrogens is 2. The number of fused-ring (bicyclic) bond motifs is 2. The van der Waals surface area contributed by atoms with Crippen LogP contribution in [0.25, 0.3) is 0 Å². The standard InChI is InChI=1S/C22H26N4O5S/c1-4-31-19-10-24-17(9-25-19)18(27)8-14-5-6-15-11-30-12-22(16(15)7-14)13-32(28,29)21(2,3)20(23)26-22/h5-7,9-10H,4,8,11-13H2,1-3H3,(H2,23,26)/t22-/m0/s1. The van der Waals surface area contributed by atoms with Gasteiger partial charge in [-0.2, -0.15) is 0 Å². The Morgan fingerprint density at radius 1 is 1.25 bits per heavy atom. The lowest BCUT2D eigenvalue weighted by Gasteiger charge is -2.42. The van der Waals surface area contributed by atoms with Crippen LogP contribution in [-0.4, -0.2) is 53.7 Å². The van der Waals surface area contributed by atoms with Gasteiger partial charge in [-0.1, -0.05) is 18.2 Å². The second kappa shape index (κ2) is 7.93. The Hall–Kier alpha value is -2.85. The maximum Gasteiger partial charge on any atom is 0.232 e. The largest absolute Gasteiger partial charge is 0.477 e. The highest BCUT2D eigenvalue weighted by molar-refractivity contribution is 7.93. The van der Waals surface area contributed by atoms with Crippen LogP contribution >= 0.6 is 0 Å². The van der Waals surface area contributed by atoms with Gasteiger partial charge in [0.2, 0.25) is 5.88 Å². The van der Waals surface area contributed by atoms with Crippen molar-refractivity contribution in [1.82, 2.24) is 9.97 Å². The van der Waals surface area contributed by atoms with Gasteiger partial charge in [-0.05, 0) is 37.5 Å². The summed E-state index contributed by atoms with van der Waals surface area (Å²) in [5.74, 6) is 0.00709. The minimum Gasteiger partial charge on any atom is -0.477 e. The van der Waals surface area contributed by atoms with Crippen LogP contribution in [-0.2, 0) is 33.1 Å². The number of sulfone groups is 1. The smallest absolute Gasteiger partial charge is 0.232 e. The van der Waals surface area contributed by atoms with Crippen LogP contribution < -0.4 is 10.5 Å². The fourth-order valence-corrected chi connectivity index (χ4v) is 5.58. The molecule has 2 N–H and O–H groups in total. The highest BCUT2D eigenvalue weighted by Crippen LogP contribution is 2.41. The van der Waals surface area contributed by atoms with Gasteiger partial charge in [-0.25, -0.2) is 18.4 Å². The SMILES string of the molecule is CCOc1cnc(C(=O)Cc2ccc3c(c2)[C@]2(COC3)CS(=O)(=O)C(C)(C)C(N)=N2)cn1. The molecule has 0 aliphatic carbocycles. The van der Waals surface area contributed by atoms with E-state index >= 15 is 0 Å². The lowest BCUT2D eigenvalue weighted by molar-refractivity contribution is 0.0609. The third-order valence-electron chi connectivity index (χ3n) is 6.00. The molecular formula is C22H26N4O5S. The Morgan fingerprint density at radius 3 is 2.69 bits per heavy atom.